The summed E-state index contributed by atoms with van der Waals surface area (Å²) in [7, 11) is 0. The number of hydrogen-bond acceptors (Lipinski definition) is 3. The second-order valence-corrected chi connectivity index (χ2v) is 7.44. The van der Waals surface area contributed by atoms with E-state index in [9.17, 15) is 0 Å². The zero-order valence-electron chi connectivity index (χ0n) is 15.6. The largest absolute Gasteiger partial charge is 0.354 e. The highest BCUT2D eigenvalue weighted by Crippen LogP contribution is 2.30. The smallest absolute Gasteiger partial charge is 0.223 e. The third kappa shape index (κ3) is 4.76. The Kier molecular flexibility index (Phi) is 6.09. The molecular formula is C24H19Cl2N3. The van der Waals surface area contributed by atoms with Gasteiger partial charge < -0.3 is 5.32 Å². The second-order valence-electron chi connectivity index (χ2n) is 6.60. The molecule has 0 amide bonds. The molecule has 0 saturated carbocycles. The quantitative estimate of drug-likeness (QED) is 0.374. The highest BCUT2D eigenvalue weighted by Gasteiger charge is 2.11. The van der Waals surface area contributed by atoms with Crippen LogP contribution < -0.4 is 5.32 Å². The summed E-state index contributed by atoms with van der Waals surface area (Å²) in [5.41, 5.74) is 5.08. The van der Waals surface area contributed by atoms with Crippen molar-refractivity contribution in [2.24, 2.45) is 0 Å². The number of anilines is 1. The Bertz CT molecular complexity index is 1100. The Labute approximate surface area is 180 Å². The monoisotopic (exact) mass is 419 g/mol. The van der Waals surface area contributed by atoms with Gasteiger partial charge in [-0.15, -0.1) is 0 Å². The first-order valence-corrected chi connectivity index (χ1v) is 10.1. The third-order valence-corrected chi connectivity index (χ3v) is 5.20. The number of hydrogen-bond donors (Lipinski definition) is 1. The van der Waals surface area contributed by atoms with E-state index < -0.39 is 0 Å². The maximum absolute atomic E-state index is 6.26. The van der Waals surface area contributed by atoms with Crippen molar-refractivity contribution >= 4 is 29.2 Å². The lowest BCUT2D eigenvalue weighted by Gasteiger charge is -2.12. The van der Waals surface area contributed by atoms with Crippen LogP contribution in [-0.2, 0) is 6.42 Å². The lowest BCUT2D eigenvalue weighted by molar-refractivity contribution is 0.986. The van der Waals surface area contributed by atoms with Crippen molar-refractivity contribution in [3.63, 3.8) is 0 Å². The van der Waals surface area contributed by atoms with Crippen LogP contribution in [0.5, 0.6) is 0 Å². The Balaban J connectivity index is 1.58. The van der Waals surface area contributed by atoms with E-state index in [-0.39, 0.29) is 0 Å². The van der Waals surface area contributed by atoms with E-state index in [0.717, 1.165) is 34.4 Å². The van der Waals surface area contributed by atoms with Crippen LogP contribution in [0.2, 0.25) is 10.0 Å². The molecule has 5 heteroatoms. The molecular weight excluding hydrogens is 401 g/mol. The molecule has 3 nitrogen and oxygen atoms in total. The van der Waals surface area contributed by atoms with Crippen molar-refractivity contribution < 1.29 is 0 Å². The maximum atomic E-state index is 6.26. The number of aromatic nitrogens is 2. The number of halogens is 2. The van der Waals surface area contributed by atoms with Crippen molar-refractivity contribution in [3.05, 3.63) is 101 Å². The third-order valence-electron chi connectivity index (χ3n) is 4.61. The average molecular weight is 420 g/mol. The first-order chi connectivity index (χ1) is 14.2. The molecule has 0 unspecified atom stereocenters. The van der Waals surface area contributed by atoms with Gasteiger partial charge in [-0.05, 0) is 29.7 Å². The second kappa shape index (κ2) is 9.08. The van der Waals surface area contributed by atoms with Crippen molar-refractivity contribution in [1.29, 1.82) is 0 Å². The standard InChI is InChI=1S/C24H19Cl2N3/c25-20-12-11-18(22(26)15-20)13-14-27-24-28-16-21(17-7-3-1-4-8-17)23(29-24)19-9-5-2-6-10-19/h1-12,15-16H,13-14H2,(H,27,28,29). The lowest BCUT2D eigenvalue weighted by Crippen LogP contribution is -2.09. The van der Waals surface area contributed by atoms with Gasteiger partial charge in [-0.3, -0.25) is 0 Å². The molecule has 0 aliphatic carbocycles. The number of benzene rings is 3. The van der Waals surface area contributed by atoms with Crippen molar-refractivity contribution in [1.82, 2.24) is 9.97 Å². The fourth-order valence-electron chi connectivity index (χ4n) is 3.15. The highest BCUT2D eigenvalue weighted by molar-refractivity contribution is 6.35. The van der Waals surface area contributed by atoms with Gasteiger partial charge in [0.1, 0.15) is 0 Å². The average Bonchev–Trinajstić information content (AvgIpc) is 2.76. The molecule has 144 valence electrons. The number of nitrogens with one attached hydrogen (secondary N) is 1. The molecule has 0 saturated heterocycles. The summed E-state index contributed by atoms with van der Waals surface area (Å²) in [5, 5.41) is 4.62. The van der Waals surface area contributed by atoms with Gasteiger partial charge in [0.15, 0.2) is 0 Å². The zero-order chi connectivity index (χ0) is 20.1. The fraction of sp³-hybridized carbons (Fsp3) is 0.0833. The summed E-state index contributed by atoms with van der Waals surface area (Å²) < 4.78 is 0. The summed E-state index contributed by atoms with van der Waals surface area (Å²) in [6.45, 7) is 0.667. The molecule has 4 rings (SSSR count). The van der Waals surface area contributed by atoms with Gasteiger partial charge in [0.05, 0.1) is 5.69 Å². The summed E-state index contributed by atoms with van der Waals surface area (Å²) in [4.78, 5) is 9.34. The minimum absolute atomic E-state index is 0.591. The van der Waals surface area contributed by atoms with Crippen LogP contribution in [0.25, 0.3) is 22.4 Å². The summed E-state index contributed by atoms with van der Waals surface area (Å²) in [5.74, 6) is 0.591. The highest BCUT2D eigenvalue weighted by atomic mass is 35.5. The van der Waals surface area contributed by atoms with Gasteiger partial charge in [0.2, 0.25) is 5.95 Å². The minimum Gasteiger partial charge on any atom is -0.354 e. The molecule has 1 heterocycles. The molecule has 0 spiro atoms. The Morgan fingerprint density at radius 3 is 2.17 bits per heavy atom. The molecule has 3 aromatic carbocycles. The molecule has 0 bridgehead atoms. The number of rotatable bonds is 6. The Morgan fingerprint density at radius 2 is 1.48 bits per heavy atom. The zero-order valence-corrected chi connectivity index (χ0v) is 17.2. The first kappa shape index (κ1) is 19.4. The van der Waals surface area contributed by atoms with Crippen LogP contribution in [0.1, 0.15) is 5.56 Å². The topological polar surface area (TPSA) is 37.8 Å². The van der Waals surface area contributed by atoms with Crippen molar-refractivity contribution in [2.45, 2.75) is 6.42 Å². The first-order valence-electron chi connectivity index (χ1n) is 9.36. The molecule has 0 aliphatic rings. The molecule has 29 heavy (non-hydrogen) atoms. The van der Waals surface area contributed by atoms with E-state index in [1.54, 1.807) is 6.07 Å². The van der Waals surface area contributed by atoms with E-state index in [1.807, 2.05) is 54.7 Å². The van der Waals surface area contributed by atoms with E-state index >= 15 is 0 Å². The maximum Gasteiger partial charge on any atom is 0.223 e. The molecule has 4 aromatic rings. The number of nitrogens with zero attached hydrogens (tertiary/aromatic N) is 2. The van der Waals surface area contributed by atoms with Crippen LogP contribution in [0.4, 0.5) is 5.95 Å². The van der Waals surface area contributed by atoms with E-state index in [4.69, 9.17) is 28.2 Å². The van der Waals surface area contributed by atoms with Gasteiger partial charge >= 0.3 is 0 Å². The normalized spacial score (nSPS) is 10.7. The fourth-order valence-corrected chi connectivity index (χ4v) is 3.65. The van der Waals surface area contributed by atoms with E-state index in [2.05, 4.69) is 34.6 Å². The van der Waals surface area contributed by atoms with Crippen molar-refractivity contribution in [3.8, 4) is 22.4 Å². The minimum atomic E-state index is 0.591. The van der Waals surface area contributed by atoms with Gasteiger partial charge in [0, 0.05) is 33.9 Å². The molecule has 1 aromatic heterocycles. The molecule has 0 fully saturated rings. The van der Waals surface area contributed by atoms with E-state index in [0.29, 0.717) is 22.5 Å². The molecule has 0 atom stereocenters. The SMILES string of the molecule is Clc1ccc(CCNc2ncc(-c3ccccc3)c(-c3ccccc3)n2)c(Cl)c1. The van der Waals surface area contributed by atoms with Crippen LogP contribution in [0.15, 0.2) is 85.1 Å². The Morgan fingerprint density at radius 1 is 0.793 bits per heavy atom. The van der Waals surface area contributed by atoms with Crippen LogP contribution in [0.3, 0.4) is 0 Å². The van der Waals surface area contributed by atoms with Crippen LogP contribution in [-0.4, -0.2) is 16.5 Å². The Hall–Kier alpha value is -2.88. The lowest BCUT2D eigenvalue weighted by atomic mass is 10.0. The van der Waals surface area contributed by atoms with Gasteiger partial charge in [-0.2, -0.15) is 0 Å². The predicted octanol–water partition coefficient (Wildman–Crippen LogP) is 6.77. The molecule has 0 aliphatic heterocycles. The van der Waals surface area contributed by atoms with Crippen LogP contribution >= 0.6 is 23.2 Å². The summed E-state index contributed by atoms with van der Waals surface area (Å²) in [6, 6.07) is 25.9. The van der Waals surface area contributed by atoms with Gasteiger partial charge in [0.25, 0.3) is 0 Å². The van der Waals surface area contributed by atoms with Gasteiger partial charge in [-0.1, -0.05) is 89.9 Å². The molecule has 1 N–H and O–H groups in total. The molecule has 0 radical (unpaired) electrons. The predicted molar refractivity (Wildman–Crippen MR) is 122 cm³/mol. The van der Waals surface area contributed by atoms with Crippen LogP contribution in [0, 0.1) is 0 Å². The van der Waals surface area contributed by atoms with E-state index in [1.165, 1.54) is 0 Å². The van der Waals surface area contributed by atoms with Gasteiger partial charge in [-0.25, -0.2) is 9.97 Å². The summed E-state index contributed by atoms with van der Waals surface area (Å²) in [6.07, 6.45) is 2.63. The summed E-state index contributed by atoms with van der Waals surface area (Å²) >= 11 is 12.2. The van der Waals surface area contributed by atoms with Crippen molar-refractivity contribution in [2.75, 3.05) is 11.9 Å².